The van der Waals surface area contributed by atoms with Crippen LogP contribution in [0, 0.1) is 21.4 Å². The van der Waals surface area contributed by atoms with Crippen LogP contribution in [-0.2, 0) is 0 Å². The third-order valence-corrected chi connectivity index (χ3v) is 4.00. The summed E-state index contributed by atoms with van der Waals surface area (Å²) in [5.41, 5.74) is 0.333. The second-order valence-corrected chi connectivity index (χ2v) is 6.37. The van der Waals surface area contributed by atoms with Crippen molar-refractivity contribution in [2.45, 2.75) is 27.2 Å². The molecule has 2 rings (SSSR count). The Kier molecular flexibility index (Phi) is 3.83. The largest absolute Gasteiger partial charge is 0.373 e. The van der Waals surface area contributed by atoms with Gasteiger partial charge in [0.25, 0.3) is 5.69 Å². The minimum absolute atomic E-state index is 0.0820. The van der Waals surface area contributed by atoms with E-state index in [-0.39, 0.29) is 16.0 Å². The van der Waals surface area contributed by atoms with Gasteiger partial charge in [0.15, 0.2) is 0 Å². The lowest BCUT2D eigenvalue weighted by atomic mass is 9.80. The fourth-order valence-corrected chi connectivity index (χ4v) is 2.57. The molecule has 0 bridgehead atoms. The van der Waals surface area contributed by atoms with Gasteiger partial charge in [0.1, 0.15) is 11.6 Å². The topological polar surface area (TPSA) is 71.3 Å². The second kappa shape index (κ2) is 5.26. The van der Waals surface area contributed by atoms with Crippen LogP contribution in [0.1, 0.15) is 27.2 Å². The summed E-state index contributed by atoms with van der Waals surface area (Å²) in [5, 5.41) is 13.9. The molecule has 1 unspecified atom stereocenters. The lowest BCUT2D eigenvalue weighted by Gasteiger charge is -2.27. The van der Waals surface area contributed by atoms with E-state index in [0.717, 1.165) is 19.5 Å². The van der Waals surface area contributed by atoms with Crippen LogP contribution in [-0.4, -0.2) is 30.0 Å². The number of aromatic nitrogens is 1. The molecule has 0 spiro atoms. The maximum absolute atomic E-state index is 11.0. The van der Waals surface area contributed by atoms with Crippen molar-refractivity contribution in [3.8, 4) is 0 Å². The first-order valence-corrected chi connectivity index (χ1v) is 6.90. The number of pyridine rings is 1. The summed E-state index contributed by atoms with van der Waals surface area (Å²) in [7, 11) is 1.72. The zero-order chi connectivity index (χ0) is 14.9. The molecule has 6 heteroatoms. The van der Waals surface area contributed by atoms with Gasteiger partial charge in [-0.2, -0.15) is 0 Å². The Morgan fingerprint density at radius 1 is 1.45 bits per heavy atom. The monoisotopic (exact) mass is 278 g/mol. The predicted octanol–water partition coefficient (Wildman–Crippen LogP) is 2.90. The minimum Gasteiger partial charge on any atom is -0.373 e. The van der Waals surface area contributed by atoms with E-state index in [1.54, 1.807) is 13.1 Å². The highest BCUT2D eigenvalue weighted by Gasteiger charge is 2.32. The normalized spacial score (nSPS) is 19.2. The standard InChI is InChI=1S/C14H22N4O2/c1-14(2,3)10-5-6-17(9-10)13-8-11(18(19)20)7-12(15-4)16-13/h7-8,10H,5-6,9H2,1-4H3,(H,15,16). The van der Waals surface area contributed by atoms with Gasteiger partial charge in [-0.1, -0.05) is 20.8 Å². The van der Waals surface area contributed by atoms with Gasteiger partial charge >= 0.3 is 0 Å². The van der Waals surface area contributed by atoms with E-state index in [0.29, 0.717) is 17.6 Å². The molecule has 6 nitrogen and oxygen atoms in total. The maximum atomic E-state index is 11.0. The molecule has 1 fully saturated rings. The highest BCUT2D eigenvalue weighted by molar-refractivity contribution is 5.56. The molecule has 0 radical (unpaired) electrons. The number of nitro groups is 1. The van der Waals surface area contributed by atoms with E-state index in [2.05, 4.69) is 36.0 Å². The number of nitrogens with one attached hydrogen (secondary N) is 1. The summed E-state index contributed by atoms with van der Waals surface area (Å²) >= 11 is 0. The van der Waals surface area contributed by atoms with Crippen molar-refractivity contribution < 1.29 is 4.92 Å². The van der Waals surface area contributed by atoms with E-state index >= 15 is 0 Å². The van der Waals surface area contributed by atoms with E-state index in [9.17, 15) is 10.1 Å². The number of anilines is 2. The van der Waals surface area contributed by atoms with Gasteiger partial charge < -0.3 is 10.2 Å². The predicted molar refractivity (Wildman–Crippen MR) is 80.2 cm³/mol. The van der Waals surface area contributed by atoms with E-state index < -0.39 is 0 Å². The zero-order valence-electron chi connectivity index (χ0n) is 12.5. The minimum atomic E-state index is -0.372. The lowest BCUT2D eigenvalue weighted by Crippen LogP contribution is -2.26. The van der Waals surface area contributed by atoms with Gasteiger partial charge in [0.2, 0.25) is 0 Å². The Morgan fingerprint density at radius 3 is 2.65 bits per heavy atom. The molecule has 0 aliphatic carbocycles. The molecule has 0 saturated carbocycles. The highest BCUT2D eigenvalue weighted by Crippen LogP contribution is 2.36. The highest BCUT2D eigenvalue weighted by atomic mass is 16.6. The average Bonchev–Trinajstić information content (AvgIpc) is 2.87. The Labute approximate surface area is 119 Å². The molecular weight excluding hydrogens is 256 g/mol. The van der Waals surface area contributed by atoms with Crippen LogP contribution in [0.2, 0.25) is 0 Å². The summed E-state index contributed by atoms with van der Waals surface area (Å²) in [6.07, 6.45) is 1.10. The van der Waals surface area contributed by atoms with Crippen LogP contribution in [0.3, 0.4) is 0 Å². The molecule has 1 N–H and O–H groups in total. The van der Waals surface area contributed by atoms with Crippen molar-refractivity contribution in [3.05, 3.63) is 22.2 Å². The van der Waals surface area contributed by atoms with Crippen molar-refractivity contribution in [2.75, 3.05) is 30.4 Å². The molecule has 1 aromatic heterocycles. The van der Waals surface area contributed by atoms with Crippen LogP contribution in [0.5, 0.6) is 0 Å². The molecule has 0 aromatic carbocycles. The fourth-order valence-electron chi connectivity index (χ4n) is 2.57. The maximum Gasteiger partial charge on any atom is 0.276 e. The van der Waals surface area contributed by atoms with Gasteiger partial charge in [-0.3, -0.25) is 10.1 Å². The lowest BCUT2D eigenvalue weighted by molar-refractivity contribution is -0.384. The second-order valence-electron chi connectivity index (χ2n) is 6.37. The van der Waals surface area contributed by atoms with Crippen molar-refractivity contribution in [2.24, 2.45) is 11.3 Å². The van der Waals surface area contributed by atoms with Crippen molar-refractivity contribution in [1.29, 1.82) is 0 Å². The molecule has 1 saturated heterocycles. The van der Waals surface area contributed by atoms with Gasteiger partial charge in [-0.15, -0.1) is 0 Å². The molecule has 20 heavy (non-hydrogen) atoms. The van der Waals surface area contributed by atoms with Crippen molar-refractivity contribution >= 4 is 17.3 Å². The molecule has 1 aromatic rings. The van der Waals surface area contributed by atoms with Crippen LogP contribution in [0.15, 0.2) is 12.1 Å². The number of rotatable bonds is 3. The molecule has 1 atom stereocenters. The third-order valence-electron chi connectivity index (χ3n) is 4.00. The quantitative estimate of drug-likeness (QED) is 0.680. The van der Waals surface area contributed by atoms with Gasteiger partial charge in [0, 0.05) is 20.1 Å². The average molecular weight is 278 g/mol. The Balaban J connectivity index is 2.25. The molecule has 1 aliphatic heterocycles. The smallest absolute Gasteiger partial charge is 0.276 e. The fraction of sp³-hybridized carbons (Fsp3) is 0.643. The molecular formula is C14H22N4O2. The van der Waals surface area contributed by atoms with Crippen LogP contribution in [0.4, 0.5) is 17.3 Å². The Hall–Kier alpha value is -1.85. The summed E-state index contributed by atoms with van der Waals surface area (Å²) in [5.74, 6) is 1.81. The summed E-state index contributed by atoms with van der Waals surface area (Å²) < 4.78 is 0. The van der Waals surface area contributed by atoms with Crippen LogP contribution < -0.4 is 10.2 Å². The number of hydrogen-bond acceptors (Lipinski definition) is 5. The summed E-state index contributed by atoms with van der Waals surface area (Å²) in [4.78, 5) is 17.2. The summed E-state index contributed by atoms with van der Waals surface area (Å²) in [6, 6.07) is 3.02. The third kappa shape index (κ3) is 3.00. The SMILES string of the molecule is CNc1cc([N+](=O)[O-])cc(N2CCC(C(C)(C)C)C2)n1. The Bertz CT molecular complexity index is 510. The molecule has 0 amide bonds. The first kappa shape index (κ1) is 14.6. The van der Waals surface area contributed by atoms with Crippen LogP contribution in [0.25, 0.3) is 0 Å². The van der Waals surface area contributed by atoms with Crippen molar-refractivity contribution in [1.82, 2.24) is 4.98 Å². The number of nitrogens with zero attached hydrogens (tertiary/aromatic N) is 3. The van der Waals surface area contributed by atoms with Gasteiger partial charge in [0.05, 0.1) is 17.1 Å². The van der Waals surface area contributed by atoms with E-state index in [1.165, 1.54) is 6.07 Å². The summed E-state index contributed by atoms with van der Waals surface area (Å²) in [6.45, 7) is 8.52. The Morgan fingerprint density at radius 2 is 2.15 bits per heavy atom. The molecule has 110 valence electrons. The first-order valence-electron chi connectivity index (χ1n) is 6.90. The molecule has 1 aliphatic rings. The van der Waals surface area contributed by atoms with E-state index in [4.69, 9.17) is 0 Å². The van der Waals surface area contributed by atoms with E-state index in [1.807, 2.05) is 0 Å². The first-order chi connectivity index (χ1) is 9.31. The van der Waals surface area contributed by atoms with Crippen LogP contribution >= 0.6 is 0 Å². The van der Waals surface area contributed by atoms with Gasteiger partial charge in [-0.25, -0.2) is 4.98 Å². The van der Waals surface area contributed by atoms with Gasteiger partial charge in [-0.05, 0) is 17.8 Å². The number of hydrogen-bond donors (Lipinski definition) is 1. The molecule has 2 heterocycles. The van der Waals surface area contributed by atoms with Crippen molar-refractivity contribution in [3.63, 3.8) is 0 Å². The zero-order valence-corrected chi connectivity index (χ0v) is 12.5.